The number of aryl methyl sites for hydroxylation is 1. The van der Waals surface area contributed by atoms with E-state index in [2.05, 4.69) is 46.9 Å². The van der Waals surface area contributed by atoms with Crippen LogP contribution in [-0.4, -0.2) is 97.4 Å². The lowest BCUT2D eigenvalue weighted by Crippen LogP contribution is -2.53. The molecule has 344 valence electrons. The fourth-order valence-electron chi connectivity index (χ4n) is 8.32. The molecular formula is C48H49N11O8. The number of imide groups is 1. The number of aliphatic hydroxyl groups excluding tert-OH is 1. The Balaban J connectivity index is 0.790. The van der Waals surface area contributed by atoms with Crippen LogP contribution in [0.5, 0.6) is 11.5 Å². The lowest BCUT2D eigenvalue weighted by Gasteiger charge is -2.31. The predicted molar refractivity (Wildman–Crippen MR) is 245 cm³/mol. The van der Waals surface area contributed by atoms with Gasteiger partial charge in [-0.3, -0.25) is 48.8 Å². The fourth-order valence-corrected chi connectivity index (χ4v) is 8.32. The molecule has 1 saturated heterocycles. The van der Waals surface area contributed by atoms with Gasteiger partial charge in [0, 0.05) is 78.3 Å². The molecule has 6 aromatic rings. The maximum absolute atomic E-state index is 13.5. The van der Waals surface area contributed by atoms with E-state index < -0.39 is 30.0 Å². The fraction of sp³-hybridized carbons (Fsp3) is 0.312. The predicted octanol–water partition coefficient (Wildman–Crippen LogP) is 4.48. The zero-order valence-electron chi connectivity index (χ0n) is 36.9. The van der Waals surface area contributed by atoms with E-state index in [1.165, 1.54) is 0 Å². The molecule has 0 spiro atoms. The Bertz CT molecular complexity index is 2860. The van der Waals surface area contributed by atoms with Crippen LogP contribution in [-0.2, 0) is 29.2 Å². The average molecular weight is 908 g/mol. The molecule has 5 heterocycles. The van der Waals surface area contributed by atoms with Gasteiger partial charge in [0.25, 0.3) is 17.7 Å². The Morgan fingerprint density at radius 3 is 2.48 bits per heavy atom. The number of fused-ring (bicyclic) bond motifs is 2. The molecule has 5 amide bonds. The number of anilines is 2. The summed E-state index contributed by atoms with van der Waals surface area (Å²) in [6.07, 6.45) is 7.17. The number of unbranched alkanes of at least 4 members (excludes halogenated alkanes) is 1. The summed E-state index contributed by atoms with van der Waals surface area (Å²) < 4.78 is 12.8. The van der Waals surface area contributed by atoms with Crippen molar-refractivity contribution in [2.75, 3.05) is 31.4 Å². The van der Waals surface area contributed by atoms with Gasteiger partial charge in [0.05, 0.1) is 49.3 Å². The molecule has 0 radical (unpaired) electrons. The van der Waals surface area contributed by atoms with E-state index in [1.807, 2.05) is 42.5 Å². The van der Waals surface area contributed by atoms with Gasteiger partial charge in [-0.05, 0) is 68.0 Å². The highest BCUT2D eigenvalue weighted by Gasteiger charge is 2.45. The topological polar surface area (TPSA) is 244 Å². The molecule has 3 aromatic heterocycles. The molecule has 2 aliphatic heterocycles. The summed E-state index contributed by atoms with van der Waals surface area (Å²) in [7, 11) is 3.20. The molecule has 0 bridgehead atoms. The van der Waals surface area contributed by atoms with Crippen molar-refractivity contribution in [3.8, 4) is 22.6 Å². The number of aliphatic hydroxyl groups is 1. The standard InChI is InChI=1S/C48H49N11O8/c1-66-31-13-8-27(9-14-31)22-53-43-34-20-33(40(67-2)21-38(34)52-25-35(43)44(61)54-29-11-12-29)28-10-15-37(50-23-28)45(62)49-18-3-4-19-58-26-30(56-57-58)24-51-36-7-5-6-32-42(36)48(65)59(47(32)64)39-16-17-41(60)55-46(39)63/h5-10,13-15,20-21,23,25-26,29,39,47,51,64H,3-4,11-12,16-19,22,24H2,1-2H3,(H,49,62)(H,52,53)(H,54,61)(H,55,60,63). The Hall–Kier alpha value is -7.93. The minimum Gasteiger partial charge on any atom is -0.497 e. The van der Waals surface area contributed by atoms with Crippen molar-refractivity contribution in [2.45, 2.75) is 76.5 Å². The lowest BCUT2D eigenvalue weighted by atomic mass is 10.00. The molecule has 1 saturated carbocycles. The normalized spacial score (nSPS) is 16.6. The van der Waals surface area contributed by atoms with E-state index in [9.17, 15) is 29.1 Å². The van der Waals surface area contributed by atoms with Gasteiger partial charge in [-0.15, -0.1) is 5.10 Å². The largest absolute Gasteiger partial charge is 0.497 e. The summed E-state index contributed by atoms with van der Waals surface area (Å²) in [5.41, 5.74) is 6.13. The van der Waals surface area contributed by atoms with Gasteiger partial charge in [0.15, 0.2) is 6.23 Å². The summed E-state index contributed by atoms with van der Waals surface area (Å²) in [6.45, 7) is 1.66. The van der Waals surface area contributed by atoms with Crippen LogP contribution in [0.1, 0.15) is 92.8 Å². The van der Waals surface area contributed by atoms with Gasteiger partial charge >= 0.3 is 0 Å². The second-order valence-electron chi connectivity index (χ2n) is 16.6. The van der Waals surface area contributed by atoms with Crippen molar-refractivity contribution in [3.05, 3.63) is 119 Å². The third-order valence-corrected chi connectivity index (χ3v) is 12.1. The second kappa shape index (κ2) is 19.3. The van der Waals surface area contributed by atoms with Crippen molar-refractivity contribution in [1.29, 1.82) is 0 Å². The number of benzene rings is 3. The highest BCUT2D eigenvalue weighted by atomic mass is 16.5. The van der Waals surface area contributed by atoms with E-state index in [0.717, 1.165) is 34.4 Å². The number of pyridine rings is 2. The zero-order chi connectivity index (χ0) is 46.6. The highest BCUT2D eigenvalue weighted by Crippen LogP contribution is 2.40. The van der Waals surface area contributed by atoms with Crippen LogP contribution >= 0.6 is 0 Å². The average Bonchev–Trinajstić information content (AvgIpc) is 3.98. The van der Waals surface area contributed by atoms with Gasteiger partial charge in [0.1, 0.15) is 28.9 Å². The van der Waals surface area contributed by atoms with E-state index in [-0.39, 0.29) is 48.5 Å². The van der Waals surface area contributed by atoms with Crippen molar-refractivity contribution in [2.24, 2.45) is 0 Å². The second-order valence-corrected chi connectivity index (χ2v) is 16.6. The lowest BCUT2D eigenvalue weighted by molar-refractivity contribution is -0.139. The number of aromatic nitrogens is 5. The number of hydrogen-bond acceptors (Lipinski definition) is 14. The molecule has 2 atom stereocenters. The number of piperidine rings is 1. The minimum absolute atomic E-state index is 0.0779. The van der Waals surface area contributed by atoms with E-state index in [0.29, 0.717) is 83.1 Å². The van der Waals surface area contributed by atoms with Crippen molar-refractivity contribution in [3.63, 3.8) is 0 Å². The molecule has 19 nitrogen and oxygen atoms in total. The van der Waals surface area contributed by atoms with Crippen molar-refractivity contribution >= 4 is 51.8 Å². The highest BCUT2D eigenvalue weighted by molar-refractivity contribution is 6.09. The third-order valence-electron chi connectivity index (χ3n) is 12.1. The summed E-state index contributed by atoms with van der Waals surface area (Å²) >= 11 is 0. The molecule has 67 heavy (non-hydrogen) atoms. The molecule has 6 N–H and O–H groups in total. The number of rotatable bonds is 18. The molecule has 2 unspecified atom stereocenters. The number of ether oxygens (including phenoxy) is 2. The number of nitrogens with zero attached hydrogens (tertiary/aromatic N) is 6. The first kappa shape index (κ1) is 44.3. The van der Waals surface area contributed by atoms with Crippen molar-refractivity contribution in [1.82, 2.24) is 45.8 Å². The van der Waals surface area contributed by atoms with Crippen LogP contribution in [0.3, 0.4) is 0 Å². The molecule has 1 aliphatic carbocycles. The van der Waals surface area contributed by atoms with Gasteiger partial charge in [-0.2, -0.15) is 0 Å². The molecule has 9 rings (SSSR count). The first-order chi connectivity index (χ1) is 32.6. The number of carbonyl (C=O) groups excluding carboxylic acids is 5. The van der Waals surface area contributed by atoms with E-state index >= 15 is 0 Å². The number of amides is 5. The summed E-state index contributed by atoms with van der Waals surface area (Å²) in [5.74, 6) is -0.716. The Labute approximate surface area is 384 Å². The summed E-state index contributed by atoms with van der Waals surface area (Å²) in [6, 6.07) is 19.2. The van der Waals surface area contributed by atoms with Gasteiger partial charge in [-0.25, -0.2) is 0 Å². The number of methoxy groups -OCH3 is 2. The van der Waals surface area contributed by atoms with Crippen LogP contribution in [0.15, 0.2) is 85.3 Å². The smallest absolute Gasteiger partial charge is 0.269 e. The maximum Gasteiger partial charge on any atom is 0.269 e. The SMILES string of the molecule is COc1ccc(CNc2c(C(=O)NC3CC3)cnc3cc(OC)c(-c4ccc(C(=O)NCCCCn5cc(CNc6cccc7c6C(=O)N(C6CCC(=O)NC6=O)C7O)nn5)nc4)cc23)cc1. The molecular weight excluding hydrogens is 859 g/mol. The molecule has 2 fully saturated rings. The first-order valence-corrected chi connectivity index (χ1v) is 22.1. The van der Waals surface area contributed by atoms with Crippen LogP contribution in [0.4, 0.5) is 11.4 Å². The minimum atomic E-state index is -1.32. The van der Waals surface area contributed by atoms with E-state index in [1.54, 1.807) is 61.8 Å². The Kier molecular flexibility index (Phi) is 12.7. The summed E-state index contributed by atoms with van der Waals surface area (Å²) in [4.78, 5) is 74.5. The van der Waals surface area contributed by atoms with Gasteiger partial charge in [0.2, 0.25) is 11.8 Å². The zero-order valence-corrected chi connectivity index (χ0v) is 36.9. The quantitative estimate of drug-likeness (QED) is 0.0515. The van der Waals surface area contributed by atoms with Crippen LogP contribution in [0, 0.1) is 0 Å². The van der Waals surface area contributed by atoms with Crippen LogP contribution in [0.25, 0.3) is 22.0 Å². The van der Waals surface area contributed by atoms with Crippen LogP contribution < -0.4 is 36.1 Å². The van der Waals surface area contributed by atoms with Crippen LogP contribution in [0.2, 0.25) is 0 Å². The molecule has 3 aromatic carbocycles. The number of nitrogens with one attached hydrogen (secondary N) is 5. The first-order valence-electron chi connectivity index (χ1n) is 22.1. The molecule has 19 heteroatoms. The number of carbonyl (C=O) groups is 5. The molecule has 3 aliphatic rings. The van der Waals surface area contributed by atoms with Gasteiger partial charge in [-0.1, -0.05) is 35.5 Å². The van der Waals surface area contributed by atoms with E-state index in [4.69, 9.17) is 9.47 Å². The summed E-state index contributed by atoms with van der Waals surface area (Å²) in [5, 5.41) is 35.2. The third kappa shape index (κ3) is 9.58. The Morgan fingerprint density at radius 1 is 0.896 bits per heavy atom. The van der Waals surface area contributed by atoms with Crippen molar-refractivity contribution < 1.29 is 38.6 Å². The van der Waals surface area contributed by atoms with Gasteiger partial charge < -0.3 is 35.8 Å². The number of hydrogen-bond donors (Lipinski definition) is 6. The maximum atomic E-state index is 13.5. The monoisotopic (exact) mass is 907 g/mol. The Morgan fingerprint density at radius 2 is 1.73 bits per heavy atom.